The van der Waals surface area contributed by atoms with Crippen molar-refractivity contribution >= 4 is 11.6 Å². The van der Waals surface area contributed by atoms with Gasteiger partial charge in [0.05, 0.1) is 18.1 Å². The minimum Gasteiger partial charge on any atom is -0.377 e. The summed E-state index contributed by atoms with van der Waals surface area (Å²) in [5.74, 6) is -0.0878. The fourth-order valence-electron chi connectivity index (χ4n) is 4.40. The summed E-state index contributed by atoms with van der Waals surface area (Å²) >= 11 is 0. The van der Waals surface area contributed by atoms with Crippen molar-refractivity contribution in [2.24, 2.45) is 0 Å². The number of carbonyl (C=O) groups excluding carboxylic acids is 1. The highest BCUT2D eigenvalue weighted by atomic mass is 19.1. The Hall–Kier alpha value is -2.47. The fraction of sp³-hybridized carbons (Fsp3) is 0.429. The number of piperidine rings is 1. The second kappa shape index (κ2) is 7.27. The predicted molar refractivity (Wildman–Crippen MR) is 101 cm³/mol. The Morgan fingerprint density at radius 3 is 2.67 bits per heavy atom. The zero-order valence-electron chi connectivity index (χ0n) is 15.5. The topological polar surface area (TPSA) is 45.7 Å². The van der Waals surface area contributed by atoms with Gasteiger partial charge < -0.3 is 14.5 Å². The number of benzene rings is 1. The molecule has 5 nitrogen and oxygen atoms in total. The third-order valence-electron chi connectivity index (χ3n) is 5.98. The average Bonchev–Trinajstić information content (AvgIpc) is 2.68. The fourth-order valence-corrected chi connectivity index (χ4v) is 4.40. The van der Waals surface area contributed by atoms with Crippen molar-refractivity contribution in [3.05, 3.63) is 60.2 Å². The first-order chi connectivity index (χ1) is 13.1. The van der Waals surface area contributed by atoms with Crippen LogP contribution in [0.3, 0.4) is 0 Å². The van der Waals surface area contributed by atoms with Crippen LogP contribution in [0, 0.1) is 5.82 Å². The van der Waals surface area contributed by atoms with Crippen molar-refractivity contribution in [3.63, 3.8) is 0 Å². The molecular formula is C21H24FN3O2. The highest BCUT2D eigenvalue weighted by molar-refractivity contribution is 5.79. The Morgan fingerprint density at radius 2 is 2.00 bits per heavy atom. The molecule has 1 amide bonds. The number of hydrogen-bond acceptors (Lipinski definition) is 4. The molecule has 2 aromatic rings. The van der Waals surface area contributed by atoms with Crippen molar-refractivity contribution < 1.29 is 13.9 Å². The second-order valence-electron chi connectivity index (χ2n) is 7.33. The Bertz CT molecular complexity index is 806. The van der Waals surface area contributed by atoms with Gasteiger partial charge in [0.15, 0.2) is 0 Å². The molecule has 2 saturated heterocycles. The molecule has 2 fully saturated rings. The minimum atomic E-state index is -0.228. The van der Waals surface area contributed by atoms with E-state index in [4.69, 9.17) is 4.74 Å². The summed E-state index contributed by atoms with van der Waals surface area (Å²) < 4.78 is 19.4. The molecule has 1 spiro atoms. The number of anilines is 1. The van der Waals surface area contributed by atoms with Crippen LogP contribution in [0.1, 0.15) is 18.4 Å². The molecule has 0 bridgehead atoms. The Kier molecular flexibility index (Phi) is 4.83. The van der Waals surface area contributed by atoms with Gasteiger partial charge in [-0.15, -0.1) is 0 Å². The largest absolute Gasteiger partial charge is 0.377 e. The number of hydrogen-bond donors (Lipinski definition) is 0. The first kappa shape index (κ1) is 17.9. The molecule has 4 rings (SSSR count). The lowest BCUT2D eigenvalue weighted by Crippen LogP contribution is -2.74. The number of ether oxygens (including phenoxy) is 1. The molecule has 27 heavy (non-hydrogen) atoms. The van der Waals surface area contributed by atoms with Crippen LogP contribution in [0.15, 0.2) is 48.8 Å². The number of methoxy groups -OCH3 is 1. The molecule has 1 aromatic carbocycles. The van der Waals surface area contributed by atoms with Gasteiger partial charge in [0, 0.05) is 44.8 Å². The van der Waals surface area contributed by atoms with Gasteiger partial charge in [-0.3, -0.25) is 9.78 Å². The van der Waals surface area contributed by atoms with Crippen LogP contribution in [-0.2, 0) is 16.0 Å². The molecule has 2 aliphatic heterocycles. The zero-order chi connectivity index (χ0) is 18.9. The lowest BCUT2D eigenvalue weighted by atomic mass is 9.73. The molecule has 142 valence electrons. The first-order valence-corrected chi connectivity index (χ1v) is 9.35. The van der Waals surface area contributed by atoms with Crippen LogP contribution in [0.25, 0.3) is 0 Å². The summed E-state index contributed by atoms with van der Waals surface area (Å²) in [5.41, 5.74) is 1.71. The molecule has 1 unspecified atom stereocenters. The van der Waals surface area contributed by atoms with Crippen LogP contribution < -0.4 is 4.90 Å². The van der Waals surface area contributed by atoms with Crippen molar-refractivity contribution in [1.82, 2.24) is 9.88 Å². The quantitative estimate of drug-likeness (QED) is 0.831. The predicted octanol–water partition coefficient (Wildman–Crippen LogP) is 2.66. The molecule has 2 aliphatic rings. The van der Waals surface area contributed by atoms with Gasteiger partial charge in [-0.2, -0.15) is 0 Å². The Morgan fingerprint density at radius 1 is 1.26 bits per heavy atom. The molecular weight excluding hydrogens is 345 g/mol. The highest BCUT2D eigenvalue weighted by Crippen LogP contribution is 2.44. The number of likely N-dealkylation sites (tertiary alicyclic amines) is 1. The summed E-state index contributed by atoms with van der Waals surface area (Å²) in [7, 11) is 1.73. The smallest absolute Gasteiger partial charge is 0.226 e. The van der Waals surface area contributed by atoms with Crippen LogP contribution in [0.5, 0.6) is 0 Å². The minimum absolute atomic E-state index is 0.109. The molecule has 6 heteroatoms. The van der Waals surface area contributed by atoms with E-state index in [1.54, 1.807) is 31.6 Å². The van der Waals surface area contributed by atoms with Crippen LogP contribution in [0.4, 0.5) is 10.1 Å². The van der Waals surface area contributed by atoms with E-state index in [1.165, 1.54) is 6.07 Å². The zero-order valence-corrected chi connectivity index (χ0v) is 15.5. The SMILES string of the molecule is COC1CN(c2cccc(F)c2)C12CCN(C(=O)Cc1ccncc1)CC2. The number of carbonyl (C=O) groups is 1. The summed E-state index contributed by atoms with van der Waals surface area (Å²) in [5, 5.41) is 0. The number of aromatic nitrogens is 1. The number of rotatable bonds is 4. The van der Waals surface area contributed by atoms with Crippen molar-refractivity contribution in [3.8, 4) is 0 Å². The van der Waals surface area contributed by atoms with Gasteiger partial charge in [-0.05, 0) is 48.7 Å². The third-order valence-corrected chi connectivity index (χ3v) is 5.98. The maximum atomic E-state index is 13.7. The van der Waals surface area contributed by atoms with Gasteiger partial charge in [0.1, 0.15) is 5.82 Å². The van der Waals surface area contributed by atoms with E-state index in [0.717, 1.165) is 30.6 Å². The molecule has 1 aromatic heterocycles. The van der Waals surface area contributed by atoms with Gasteiger partial charge in [0.2, 0.25) is 5.91 Å². The lowest BCUT2D eigenvalue weighted by Gasteiger charge is -2.61. The maximum Gasteiger partial charge on any atom is 0.226 e. The lowest BCUT2D eigenvalue weighted by molar-refractivity contribution is -0.134. The average molecular weight is 369 g/mol. The first-order valence-electron chi connectivity index (χ1n) is 9.35. The van der Waals surface area contributed by atoms with E-state index in [2.05, 4.69) is 9.88 Å². The van der Waals surface area contributed by atoms with E-state index in [-0.39, 0.29) is 23.4 Å². The van der Waals surface area contributed by atoms with Crippen molar-refractivity contribution in [1.29, 1.82) is 0 Å². The third kappa shape index (κ3) is 3.30. The van der Waals surface area contributed by atoms with E-state index >= 15 is 0 Å². The Balaban J connectivity index is 1.45. The number of amides is 1. The second-order valence-corrected chi connectivity index (χ2v) is 7.33. The summed E-state index contributed by atoms with van der Waals surface area (Å²) in [4.78, 5) is 20.8. The molecule has 0 saturated carbocycles. The van der Waals surface area contributed by atoms with Gasteiger partial charge in [-0.25, -0.2) is 4.39 Å². The monoisotopic (exact) mass is 369 g/mol. The van der Waals surface area contributed by atoms with Crippen LogP contribution in [-0.4, -0.2) is 54.2 Å². The van der Waals surface area contributed by atoms with Crippen LogP contribution >= 0.6 is 0 Å². The van der Waals surface area contributed by atoms with Gasteiger partial charge in [-0.1, -0.05) is 6.07 Å². The number of pyridine rings is 1. The summed E-state index contributed by atoms with van der Waals surface area (Å²) in [6.45, 7) is 2.14. The van der Waals surface area contributed by atoms with Crippen LogP contribution in [0.2, 0.25) is 0 Å². The van der Waals surface area contributed by atoms with E-state index in [9.17, 15) is 9.18 Å². The van der Waals surface area contributed by atoms with E-state index in [1.807, 2.05) is 23.1 Å². The normalized spacial score (nSPS) is 21.2. The maximum absolute atomic E-state index is 13.7. The molecule has 0 aliphatic carbocycles. The van der Waals surface area contributed by atoms with Gasteiger partial charge >= 0.3 is 0 Å². The molecule has 0 N–H and O–H groups in total. The number of nitrogens with zero attached hydrogens (tertiary/aromatic N) is 3. The molecule has 1 atom stereocenters. The Labute approximate surface area is 158 Å². The molecule has 0 radical (unpaired) electrons. The number of halogens is 1. The standard InChI is InChI=1S/C21H24FN3O2/c1-27-19-15-25(18-4-2-3-17(22)14-18)21(19)7-11-24(12-8-21)20(26)13-16-5-9-23-10-6-16/h2-6,9-10,14,19H,7-8,11-13,15H2,1H3. The summed E-state index contributed by atoms with van der Waals surface area (Å²) in [6.07, 6.45) is 5.58. The van der Waals surface area contributed by atoms with E-state index < -0.39 is 0 Å². The molecule has 3 heterocycles. The highest BCUT2D eigenvalue weighted by Gasteiger charge is 2.55. The van der Waals surface area contributed by atoms with E-state index in [0.29, 0.717) is 19.5 Å². The van der Waals surface area contributed by atoms with Crippen molar-refractivity contribution in [2.75, 3.05) is 31.6 Å². The summed E-state index contributed by atoms with van der Waals surface area (Å²) in [6, 6.07) is 10.5. The van der Waals surface area contributed by atoms with Gasteiger partial charge in [0.25, 0.3) is 0 Å². The van der Waals surface area contributed by atoms with Crippen molar-refractivity contribution in [2.45, 2.75) is 30.9 Å².